The zero-order valence-electron chi connectivity index (χ0n) is 17.1. The second-order valence-corrected chi connectivity index (χ2v) is 9.94. The molecule has 1 aliphatic carbocycles. The third-order valence-corrected chi connectivity index (χ3v) is 6.82. The number of aromatic nitrogens is 5. The molecular weight excluding hydrogens is 428 g/mol. The molecule has 7 nitrogen and oxygen atoms in total. The van der Waals surface area contributed by atoms with Gasteiger partial charge in [-0.25, -0.2) is 9.67 Å². The van der Waals surface area contributed by atoms with Crippen molar-refractivity contribution >= 4 is 34.7 Å². The van der Waals surface area contributed by atoms with Crippen LogP contribution in [0.15, 0.2) is 57.8 Å². The van der Waals surface area contributed by atoms with Gasteiger partial charge in [-0.05, 0) is 62.6 Å². The Labute approximate surface area is 187 Å². The molecule has 0 aliphatic heterocycles. The summed E-state index contributed by atoms with van der Waals surface area (Å²) in [6.07, 6.45) is 2.16. The molecule has 2 heterocycles. The molecule has 1 fully saturated rings. The normalized spacial score (nSPS) is 13.4. The minimum Gasteiger partial charge on any atom is -0.319 e. The van der Waals surface area contributed by atoms with E-state index in [1.165, 1.54) is 0 Å². The quantitative estimate of drug-likeness (QED) is 0.446. The lowest BCUT2D eigenvalue weighted by Crippen LogP contribution is -2.15. The molecule has 0 atom stereocenters. The fourth-order valence-corrected chi connectivity index (χ4v) is 5.11. The minimum atomic E-state index is -0.306. The third-order valence-electron chi connectivity index (χ3n) is 4.94. The summed E-state index contributed by atoms with van der Waals surface area (Å²) in [4.78, 5) is 18.5. The van der Waals surface area contributed by atoms with Crippen molar-refractivity contribution in [1.29, 1.82) is 0 Å². The number of hydrogen-bond donors (Lipinski definition) is 1. The van der Waals surface area contributed by atoms with Crippen LogP contribution in [0.2, 0.25) is 0 Å². The number of para-hydroxylation sites is 1. The van der Waals surface area contributed by atoms with Crippen LogP contribution in [0.4, 0.5) is 5.69 Å². The lowest BCUT2D eigenvalue weighted by atomic mass is 10.2. The molecule has 2 aromatic carbocycles. The van der Waals surface area contributed by atoms with Crippen molar-refractivity contribution in [1.82, 2.24) is 25.0 Å². The van der Waals surface area contributed by atoms with E-state index in [-0.39, 0.29) is 11.7 Å². The van der Waals surface area contributed by atoms with Gasteiger partial charge in [-0.3, -0.25) is 4.79 Å². The molecule has 31 heavy (non-hydrogen) atoms. The average Bonchev–Trinajstić information content (AvgIpc) is 3.38. The van der Waals surface area contributed by atoms with Crippen LogP contribution in [0, 0.1) is 13.8 Å². The average molecular weight is 449 g/mol. The molecule has 0 unspecified atom stereocenters. The Bertz CT molecular complexity index is 1250. The van der Waals surface area contributed by atoms with Gasteiger partial charge in [-0.1, -0.05) is 41.3 Å². The molecule has 1 N–H and O–H groups in total. The monoisotopic (exact) mass is 448 g/mol. The zero-order valence-corrected chi connectivity index (χ0v) is 18.7. The second-order valence-electron chi connectivity index (χ2n) is 7.44. The Hall–Kier alpha value is -3.04. The molecule has 9 heteroatoms. The Kier molecular flexibility index (Phi) is 5.29. The summed E-state index contributed by atoms with van der Waals surface area (Å²) in [6, 6.07) is 15.7. The van der Waals surface area contributed by atoms with E-state index in [0.29, 0.717) is 5.92 Å². The van der Waals surface area contributed by atoms with E-state index in [2.05, 4.69) is 25.6 Å². The van der Waals surface area contributed by atoms with Gasteiger partial charge in [0.05, 0.1) is 5.69 Å². The van der Waals surface area contributed by atoms with E-state index in [0.717, 1.165) is 49.8 Å². The van der Waals surface area contributed by atoms with Gasteiger partial charge >= 0.3 is 0 Å². The molecule has 4 aromatic rings. The predicted molar refractivity (Wildman–Crippen MR) is 121 cm³/mol. The summed E-state index contributed by atoms with van der Waals surface area (Å²) < 4.78 is 2.69. The number of nitrogens with zero attached hydrogens (tertiary/aromatic N) is 5. The van der Waals surface area contributed by atoms with E-state index >= 15 is 0 Å². The molecule has 0 bridgehead atoms. The summed E-state index contributed by atoms with van der Waals surface area (Å²) in [7, 11) is 0. The van der Waals surface area contributed by atoms with Crippen LogP contribution in [0.1, 0.15) is 45.8 Å². The van der Waals surface area contributed by atoms with Gasteiger partial charge in [0.2, 0.25) is 5.82 Å². The van der Waals surface area contributed by atoms with Gasteiger partial charge in [0, 0.05) is 16.5 Å². The lowest BCUT2D eigenvalue weighted by Gasteiger charge is -2.08. The topological polar surface area (TPSA) is 85.6 Å². The van der Waals surface area contributed by atoms with Gasteiger partial charge in [-0.2, -0.15) is 0 Å². The molecule has 0 saturated heterocycles. The van der Waals surface area contributed by atoms with Crippen LogP contribution in [0.25, 0.3) is 5.69 Å². The van der Waals surface area contributed by atoms with Crippen molar-refractivity contribution in [3.05, 3.63) is 70.8 Å². The molecule has 156 valence electrons. The largest absolute Gasteiger partial charge is 0.319 e. The number of rotatable bonds is 6. The fraction of sp³-hybridized carbons (Fsp3) is 0.227. The maximum atomic E-state index is 12.9. The van der Waals surface area contributed by atoms with Crippen LogP contribution in [-0.4, -0.2) is 30.9 Å². The van der Waals surface area contributed by atoms with Crippen molar-refractivity contribution in [2.24, 2.45) is 0 Å². The number of anilines is 1. The summed E-state index contributed by atoms with van der Waals surface area (Å²) >= 11 is 3.13. The van der Waals surface area contributed by atoms with E-state index in [9.17, 15) is 4.79 Å². The lowest BCUT2D eigenvalue weighted by molar-refractivity contribution is 0.101. The van der Waals surface area contributed by atoms with E-state index in [4.69, 9.17) is 0 Å². The summed E-state index contributed by atoms with van der Waals surface area (Å²) in [5.41, 5.74) is 2.62. The highest BCUT2D eigenvalue weighted by Crippen LogP contribution is 2.40. The zero-order chi connectivity index (χ0) is 21.4. The van der Waals surface area contributed by atoms with E-state index < -0.39 is 0 Å². The first-order chi connectivity index (χ1) is 15.1. The molecule has 0 radical (unpaired) electrons. The smallest absolute Gasteiger partial charge is 0.295 e. The summed E-state index contributed by atoms with van der Waals surface area (Å²) in [6.45, 7) is 3.91. The van der Waals surface area contributed by atoms with Crippen LogP contribution >= 0.6 is 23.1 Å². The maximum absolute atomic E-state index is 12.9. The van der Waals surface area contributed by atoms with Crippen molar-refractivity contribution in [2.75, 3.05) is 5.32 Å². The number of aryl methyl sites for hydroxylation is 2. The van der Waals surface area contributed by atoms with Gasteiger partial charge in [0.15, 0.2) is 4.34 Å². The van der Waals surface area contributed by atoms with Crippen molar-refractivity contribution < 1.29 is 4.79 Å². The Morgan fingerprint density at radius 2 is 1.94 bits per heavy atom. The van der Waals surface area contributed by atoms with Gasteiger partial charge in [0.1, 0.15) is 10.8 Å². The highest BCUT2D eigenvalue weighted by Gasteiger charge is 2.31. The molecule has 2 aromatic heterocycles. The van der Waals surface area contributed by atoms with Crippen molar-refractivity contribution in [2.45, 2.75) is 41.8 Å². The Balaban J connectivity index is 1.35. The number of hydrogen-bond acceptors (Lipinski definition) is 7. The second kappa shape index (κ2) is 8.24. The maximum Gasteiger partial charge on any atom is 0.295 e. The number of benzene rings is 2. The molecule has 1 amide bonds. The number of carbonyl (C=O) groups excluding carboxylic acids is 1. The minimum absolute atomic E-state index is 0.188. The first kappa shape index (κ1) is 19.9. The summed E-state index contributed by atoms with van der Waals surface area (Å²) in [5.74, 6) is 1.11. The number of amides is 1. The number of nitrogens with one attached hydrogen (secondary N) is 1. The van der Waals surface area contributed by atoms with Crippen LogP contribution in [0.3, 0.4) is 0 Å². The fourth-order valence-electron chi connectivity index (χ4n) is 3.22. The molecule has 0 spiro atoms. The van der Waals surface area contributed by atoms with E-state index in [1.54, 1.807) is 27.8 Å². The molecular formula is C22H20N6OS2. The Morgan fingerprint density at radius 1 is 1.13 bits per heavy atom. The third kappa shape index (κ3) is 4.38. The Morgan fingerprint density at radius 3 is 2.61 bits per heavy atom. The highest BCUT2D eigenvalue weighted by molar-refractivity contribution is 8.01. The van der Waals surface area contributed by atoms with E-state index in [1.807, 2.05) is 62.4 Å². The first-order valence-corrected chi connectivity index (χ1v) is 11.6. The SMILES string of the molecule is Cc1nnc(Sc2ccc(NC(=O)c3nc(C4CC4)n(-c4ccccc4)n3)c(C)c2)s1. The van der Waals surface area contributed by atoms with Crippen molar-refractivity contribution in [3.8, 4) is 5.69 Å². The molecule has 1 saturated carbocycles. The highest BCUT2D eigenvalue weighted by atomic mass is 32.2. The molecule has 5 rings (SSSR count). The first-order valence-electron chi connectivity index (χ1n) is 9.99. The standard InChI is InChI=1S/C22H20N6OS2/c1-13-12-17(31-22-26-25-14(2)30-22)10-11-18(13)23-21(29)19-24-20(15-8-9-15)28(27-19)16-6-4-3-5-7-16/h3-7,10-12,15H,8-9H2,1-2H3,(H,23,29). The van der Waals surface area contributed by atoms with Crippen molar-refractivity contribution in [3.63, 3.8) is 0 Å². The van der Waals surface area contributed by atoms with Crippen LogP contribution < -0.4 is 5.32 Å². The molecule has 1 aliphatic rings. The summed E-state index contributed by atoms with van der Waals surface area (Å²) in [5, 5.41) is 16.6. The van der Waals surface area contributed by atoms with Gasteiger partial charge in [0.25, 0.3) is 5.91 Å². The van der Waals surface area contributed by atoms with Crippen LogP contribution in [0.5, 0.6) is 0 Å². The van der Waals surface area contributed by atoms with Gasteiger partial charge in [-0.15, -0.1) is 15.3 Å². The van der Waals surface area contributed by atoms with Crippen LogP contribution in [-0.2, 0) is 0 Å². The van der Waals surface area contributed by atoms with Gasteiger partial charge < -0.3 is 5.32 Å². The number of carbonyl (C=O) groups is 1. The predicted octanol–water partition coefficient (Wildman–Crippen LogP) is 5.02.